The molecule has 0 saturated heterocycles. The van der Waals surface area contributed by atoms with Crippen LogP contribution in [0.15, 0.2) is 17.0 Å². The monoisotopic (exact) mass is 211 g/mol. The average molecular weight is 211 g/mol. The molecule has 0 fully saturated rings. The van der Waals surface area contributed by atoms with Crippen molar-refractivity contribution in [1.82, 2.24) is 0 Å². The minimum Gasteiger partial charge on any atom is -0.507 e. The lowest BCUT2D eigenvalue weighted by Crippen LogP contribution is -2.15. The molecule has 4 heteroatoms. The van der Waals surface area contributed by atoms with Gasteiger partial charge in [-0.3, -0.25) is 4.79 Å². The van der Waals surface area contributed by atoms with Gasteiger partial charge in [-0.1, -0.05) is 6.07 Å². The Bertz CT molecular complexity index is 363. The van der Waals surface area contributed by atoms with E-state index in [9.17, 15) is 9.90 Å². The molecule has 14 heavy (non-hydrogen) atoms. The third kappa shape index (κ3) is 1.91. The second-order valence-electron chi connectivity index (χ2n) is 2.94. The number of Topliss-reactive ketones (excluding diaryl/α,β-unsaturated/α-hetero) is 1. The standard InChI is InChI=1S/C10H13NO2S/c1-6-3-4-8(14-2)9(10(6)13)7(12)5-11/h3-4,13H,5,11H2,1-2H3. The third-order valence-corrected chi connectivity index (χ3v) is 2.81. The number of rotatable bonds is 3. The highest BCUT2D eigenvalue weighted by Gasteiger charge is 2.15. The highest BCUT2D eigenvalue weighted by atomic mass is 32.2. The van der Waals surface area contributed by atoms with Gasteiger partial charge in [0.1, 0.15) is 5.75 Å². The Kier molecular flexibility index (Phi) is 3.55. The van der Waals surface area contributed by atoms with Gasteiger partial charge >= 0.3 is 0 Å². The van der Waals surface area contributed by atoms with Crippen LogP contribution in [0.1, 0.15) is 15.9 Å². The zero-order valence-corrected chi connectivity index (χ0v) is 9.02. The Balaban J connectivity index is 3.35. The van der Waals surface area contributed by atoms with E-state index in [0.717, 1.165) is 4.90 Å². The molecule has 0 radical (unpaired) electrons. The third-order valence-electron chi connectivity index (χ3n) is 2.03. The zero-order valence-electron chi connectivity index (χ0n) is 8.20. The van der Waals surface area contributed by atoms with Crippen molar-refractivity contribution >= 4 is 17.5 Å². The maximum atomic E-state index is 11.5. The number of phenols is 1. The molecule has 0 amide bonds. The summed E-state index contributed by atoms with van der Waals surface area (Å²) in [6.07, 6.45) is 1.86. The van der Waals surface area contributed by atoms with Gasteiger partial charge < -0.3 is 10.8 Å². The van der Waals surface area contributed by atoms with Crippen molar-refractivity contribution < 1.29 is 9.90 Å². The van der Waals surface area contributed by atoms with Crippen molar-refractivity contribution in [2.45, 2.75) is 11.8 Å². The van der Waals surface area contributed by atoms with Crippen molar-refractivity contribution in [3.8, 4) is 5.75 Å². The van der Waals surface area contributed by atoms with Gasteiger partial charge in [-0.2, -0.15) is 0 Å². The van der Waals surface area contributed by atoms with Gasteiger partial charge in [0.05, 0.1) is 12.1 Å². The van der Waals surface area contributed by atoms with Crippen molar-refractivity contribution in [2.24, 2.45) is 5.73 Å². The van der Waals surface area contributed by atoms with Gasteiger partial charge in [0, 0.05) is 4.90 Å². The fourth-order valence-electron chi connectivity index (χ4n) is 1.22. The molecule has 0 aliphatic rings. The van der Waals surface area contributed by atoms with E-state index in [1.807, 2.05) is 12.3 Å². The molecule has 0 spiro atoms. The van der Waals surface area contributed by atoms with Crippen molar-refractivity contribution in [3.63, 3.8) is 0 Å². The van der Waals surface area contributed by atoms with Crippen LogP contribution in [-0.2, 0) is 0 Å². The van der Waals surface area contributed by atoms with E-state index in [1.165, 1.54) is 11.8 Å². The van der Waals surface area contributed by atoms with E-state index in [1.54, 1.807) is 13.0 Å². The lowest BCUT2D eigenvalue weighted by molar-refractivity contribution is 0.0996. The van der Waals surface area contributed by atoms with Crippen LogP contribution >= 0.6 is 11.8 Å². The van der Waals surface area contributed by atoms with Crippen LogP contribution < -0.4 is 5.73 Å². The first-order valence-electron chi connectivity index (χ1n) is 4.21. The Morgan fingerprint density at radius 1 is 1.57 bits per heavy atom. The zero-order chi connectivity index (χ0) is 10.7. The fraction of sp³-hybridized carbons (Fsp3) is 0.300. The van der Waals surface area contributed by atoms with Crippen LogP contribution in [0.5, 0.6) is 5.75 Å². The maximum absolute atomic E-state index is 11.5. The van der Waals surface area contributed by atoms with E-state index in [-0.39, 0.29) is 18.1 Å². The molecule has 0 saturated carbocycles. The minimum absolute atomic E-state index is 0.0484. The summed E-state index contributed by atoms with van der Waals surface area (Å²) >= 11 is 1.43. The lowest BCUT2D eigenvalue weighted by Gasteiger charge is -2.09. The molecule has 1 aromatic carbocycles. The van der Waals surface area contributed by atoms with Crippen LogP contribution in [0, 0.1) is 6.92 Å². The van der Waals surface area contributed by atoms with Crippen molar-refractivity contribution in [1.29, 1.82) is 0 Å². The van der Waals surface area contributed by atoms with Gasteiger partial charge in [0.15, 0.2) is 5.78 Å². The normalized spacial score (nSPS) is 10.2. The van der Waals surface area contributed by atoms with Crippen LogP contribution in [0.4, 0.5) is 0 Å². The topological polar surface area (TPSA) is 63.3 Å². The first-order chi connectivity index (χ1) is 6.61. The van der Waals surface area contributed by atoms with Gasteiger partial charge in [-0.15, -0.1) is 11.8 Å². The van der Waals surface area contributed by atoms with E-state index in [2.05, 4.69) is 0 Å². The molecule has 76 valence electrons. The van der Waals surface area contributed by atoms with Gasteiger partial charge in [-0.25, -0.2) is 0 Å². The number of aromatic hydroxyl groups is 1. The number of hydrogen-bond acceptors (Lipinski definition) is 4. The Hall–Kier alpha value is -1.00. The molecule has 1 aromatic rings. The summed E-state index contributed by atoms with van der Waals surface area (Å²) in [5, 5.41) is 9.72. The molecule has 0 unspecified atom stereocenters. The molecule has 3 N–H and O–H groups in total. The summed E-state index contributed by atoms with van der Waals surface area (Å²) in [6, 6.07) is 3.61. The van der Waals surface area contributed by atoms with Crippen LogP contribution in [0.3, 0.4) is 0 Å². The summed E-state index contributed by atoms with van der Waals surface area (Å²) in [5.74, 6) is -0.178. The highest BCUT2D eigenvalue weighted by molar-refractivity contribution is 7.98. The molecule has 0 aliphatic carbocycles. The molecule has 0 aliphatic heterocycles. The van der Waals surface area contributed by atoms with E-state index >= 15 is 0 Å². The quantitative estimate of drug-likeness (QED) is 0.588. The van der Waals surface area contributed by atoms with E-state index in [0.29, 0.717) is 11.1 Å². The van der Waals surface area contributed by atoms with Crippen LogP contribution in [0.25, 0.3) is 0 Å². The highest BCUT2D eigenvalue weighted by Crippen LogP contribution is 2.31. The second-order valence-corrected chi connectivity index (χ2v) is 3.78. The molecule has 3 nitrogen and oxygen atoms in total. The Morgan fingerprint density at radius 3 is 2.71 bits per heavy atom. The predicted octanol–water partition coefficient (Wildman–Crippen LogP) is 1.56. The number of phenolic OH excluding ortho intramolecular Hbond substituents is 1. The smallest absolute Gasteiger partial charge is 0.181 e. The minimum atomic E-state index is -0.226. The molecule has 0 bridgehead atoms. The molecule has 1 rings (SSSR count). The summed E-state index contributed by atoms with van der Waals surface area (Å²) in [7, 11) is 0. The van der Waals surface area contributed by atoms with Crippen LogP contribution in [0.2, 0.25) is 0 Å². The van der Waals surface area contributed by atoms with Crippen molar-refractivity contribution in [3.05, 3.63) is 23.3 Å². The predicted molar refractivity (Wildman–Crippen MR) is 58.0 cm³/mol. The number of carbonyl (C=O) groups excluding carboxylic acids is 1. The Morgan fingerprint density at radius 2 is 2.21 bits per heavy atom. The Labute approximate surface area is 87.3 Å². The first kappa shape index (κ1) is 11.1. The molecular weight excluding hydrogens is 198 g/mol. The van der Waals surface area contributed by atoms with Gasteiger partial charge in [0.2, 0.25) is 0 Å². The summed E-state index contributed by atoms with van der Waals surface area (Å²) in [5.41, 5.74) is 6.32. The number of hydrogen-bond donors (Lipinski definition) is 2. The average Bonchev–Trinajstić information content (AvgIpc) is 2.20. The first-order valence-corrected chi connectivity index (χ1v) is 5.44. The molecule has 0 aromatic heterocycles. The number of benzene rings is 1. The van der Waals surface area contributed by atoms with E-state index in [4.69, 9.17) is 5.73 Å². The van der Waals surface area contributed by atoms with E-state index < -0.39 is 0 Å². The molecular formula is C10H13NO2S. The maximum Gasteiger partial charge on any atom is 0.181 e. The van der Waals surface area contributed by atoms with Crippen molar-refractivity contribution in [2.75, 3.05) is 12.8 Å². The number of nitrogens with two attached hydrogens (primary N) is 1. The van der Waals surface area contributed by atoms with Crippen LogP contribution in [-0.4, -0.2) is 23.7 Å². The van der Waals surface area contributed by atoms with Gasteiger partial charge in [-0.05, 0) is 24.8 Å². The lowest BCUT2D eigenvalue weighted by atomic mass is 10.1. The second kappa shape index (κ2) is 4.48. The molecule has 0 heterocycles. The SMILES string of the molecule is CSc1ccc(C)c(O)c1C(=O)CN. The molecule has 0 atom stereocenters. The number of thioether (sulfide) groups is 1. The summed E-state index contributed by atoms with van der Waals surface area (Å²) in [6.45, 7) is 1.68. The summed E-state index contributed by atoms with van der Waals surface area (Å²) in [4.78, 5) is 12.2. The van der Waals surface area contributed by atoms with Gasteiger partial charge in [0.25, 0.3) is 0 Å². The largest absolute Gasteiger partial charge is 0.507 e. The number of carbonyl (C=O) groups is 1. The number of ketones is 1. The summed E-state index contributed by atoms with van der Waals surface area (Å²) < 4.78 is 0. The fourth-order valence-corrected chi connectivity index (χ4v) is 1.84. The number of aryl methyl sites for hydroxylation is 1.